The van der Waals surface area contributed by atoms with Gasteiger partial charge < -0.3 is 10.1 Å². The summed E-state index contributed by atoms with van der Waals surface area (Å²) in [5, 5.41) is 8.29. The molecule has 6 nitrogen and oxygen atoms in total. The molecule has 2 aromatic rings. The predicted octanol–water partition coefficient (Wildman–Crippen LogP) is 3.88. The number of thiazole rings is 1. The minimum atomic E-state index is -0.405. The smallest absolute Gasteiger partial charge is 0.321 e. The van der Waals surface area contributed by atoms with Gasteiger partial charge in [-0.25, -0.2) is 9.78 Å². The molecule has 24 heavy (non-hydrogen) atoms. The fraction of sp³-hybridized carbons (Fsp3) is 0.267. The summed E-state index contributed by atoms with van der Waals surface area (Å²) >= 11 is 13.0. The summed E-state index contributed by atoms with van der Waals surface area (Å²) in [6.07, 6.45) is 0.0803. The van der Waals surface area contributed by atoms with E-state index < -0.39 is 6.03 Å². The van der Waals surface area contributed by atoms with Crippen LogP contribution in [0, 0.1) is 0 Å². The highest BCUT2D eigenvalue weighted by Crippen LogP contribution is 2.22. The minimum Gasteiger partial charge on any atom is -0.466 e. The predicted molar refractivity (Wildman–Crippen MR) is 94.8 cm³/mol. The molecule has 1 aromatic carbocycles. The summed E-state index contributed by atoms with van der Waals surface area (Å²) in [5.41, 5.74) is 1.37. The van der Waals surface area contributed by atoms with Gasteiger partial charge in [0.2, 0.25) is 0 Å². The van der Waals surface area contributed by atoms with Crippen molar-refractivity contribution < 1.29 is 14.3 Å². The number of esters is 1. The lowest BCUT2D eigenvalue weighted by molar-refractivity contribution is -0.142. The third kappa shape index (κ3) is 5.67. The number of aromatic nitrogens is 1. The lowest BCUT2D eigenvalue weighted by Gasteiger charge is -2.06. The van der Waals surface area contributed by atoms with Crippen LogP contribution in [0.15, 0.2) is 23.6 Å². The van der Waals surface area contributed by atoms with E-state index in [2.05, 4.69) is 15.6 Å². The molecular weight excluding hydrogens is 373 g/mol. The van der Waals surface area contributed by atoms with Crippen LogP contribution in [0.1, 0.15) is 18.2 Å². The van der Waals surface area contributed by atoms with Crippen molar-refractivity contribution in [3.63, 3.8) is 0 Å². The molecule has 0 saturated carbocycles. The Kier molecular flexibility index (Phi) is 6.84. The molecule has 0 unspecified atom stereocenters. The number of urea groups is 1. The van der Waals surface area contributed by atoms with Crippen LogP contribution in [0.3, 0.4) is 0 Å². The van der Waals surface area contributed by atoms with Gasteiger partial charge in [0.15, 0.2) is 5.13 Å². The van der Waals surface area contributed by atoms with Crippen molar-refractivity contribution in [2.24, 2.45) is 0 Å². The average molecular weight is 388 g/mol. The number of carbonyl (C=O) groups is 2. The van der Waals surface area contributed by atoms with Crippen LogP contribution in [0.4, 0.5) is 9.93 Å². The van der Waals surface area contributed by atoms with Crippen molar-refractivity contribution >= 4 is 51.7 Å². The van der Waals surface area contributed by atoms with Gasteiger partial charge in [0, 0.05) is 11.9 Å². The normalized spacial score (nSPS) is 10.3. The number of nitrogens with zero attached hydrogens (tertiary/aromatic N) is 1. The maximum absolute atomic E-state index is 11.9. The van der Waals surface area contributed by atoms with Gasteiger partial charge in [-0.15, -0.1) is 11.3 Å². The van der Waals surface area contributed by atoms with Crippen LogP contribution < -0.4 is 10.6 Å². The third-order valence-electron chi connectivity index (χ3n) is 2.84. The summed E-state index contributed by atoms with van der Waals surface area (Å²) < 4.78 is 4.85. The number of nitrogens with one attached hydrogen (secondary N) is 2. The lowest BCUT2D eigenvalue weighted by atomic mass is 10.2. The second kappa shape index (κ2) is 8.86. The number of amides is 2. The van der Waals surface area contributed by atoms with Gasteiger partial charge in [0.05, 0.1) is 28.8 Å². The molecule has 0 spiro atoms. The third-order valence-corrected chi connectivity index (χ3v) is 4.39. The van der Waals surface area contributed by atoms with E-state index >= 15 is 0 Å². The van der Waals surface area contributed by atoms with Crippen LogP contribution in [-0.4, -0.2) is 23.6 Å². The molecule has 0 aliphatic rings. The van der Waals surface area contributed by atoms with Crippen LogP contribution in [0.2, 0.25) is 10.0 Å². The van der Waals surface area contributed by atoms with Crippen molar-refractivity contribution in [3.05, 3.63) is 44.9 Å². The largest absolute Gasteiger partial charge is 0.466 e. The lowest BCUT2D eigenvalue weighted by Crippen LogP contribution is -2.28. The number of benzene rings is 1. The van der Waals surface area contributed by atoms with Crippen LogP contribution in [0.25, 0.3) is 0 Å². The van der Waals surface area contributed by atoms with E-state index in [4.69, 9.17) is 27.9 Å². The quantitative estimate of drug-likeness (QED) is 0.736. The van der Waals surface area contributed by atoms with Gasteiger partial charge in [-0.2, -0.15) is 0 Å². The zero-order chi connectivity index (χ0) is 17.5. The maximum atomic E-state index is 11.9. The molecule has 2 rings (SSSR count). The van der Waals surface area contributed by atoms with Crippen LogP contribution >= 0.6 is 34.5 Å². The summed E-state index contributed by atoms with van der Waals surface area (Å²) in [7, 11) is 0. The molecule has 2 N–H and O–H groups in total. The molecule has 1 heterocycles. The van der Waals surface area contributed by atoms with E-state index in [1.165, 1.54) is 11.3 Å². The maximum Gasteiger partial charge on any atom is 0.321 e. The van der Waals surface area contributed by atoms with E-state index in [1.54, 1.807) is 30.5 Å². The fourth-order valence-electron chi connectivity index (χ4n) is 1.78. The summed E-state index contributed by atoms with van der Waals surface area (Å²) in [4.78, 5) is 27.4. The Morgan fingerprint density at radius 1 is 1.29 bits per heavy atom. The van der Waals surface area contributed by atoms with E-state index in [-0.39, 0.29) is 12.4 Å². The topological polar surface area (TPSA) is 80.3 Å². The highest BCUT2D eigenvalue weighted by atomic mass is 35.5. The molecule has 0 atom stereocenters. The van der Waals surface area contributed by atoms with Gasteiger partial charge in [-0.05, 0) is 24.6 Å². The van der Waals surface area contributed by atoms with Crippen molar-refractivity contribution in [2.45, 2.75) is 19.9 Å². The molecule has 0 fully saturated rings. The van der Waals surface area contributed by atoms with Crippen molar-refractivity contribution in [2.75, 3.05) is 11.9 Å². The number of carbonyl (C=O) groups excluding carboxylic acids is 2. The number of hydrogen-bond donors (Lipinski definition) is 2. The first-order valence-electron chi connectivity index (χ1n) is 7.06. The minimum absolute atomic E-state index is 0.0803. The molecule has 2 amide bonds. The zero-order valence-electron chi connectivity index (χ0n) is 12.8. The number of hydrogen-bond acceptors (Lipinski definition) is 5. The first-order chi connectivity index (χ1) is 11.5. The number of halogens is 2. The molecule has 0 bridgehead atoms. The summed E-state index contributed by atoms with van der Waals surface area (Å²) in [6.45, 7) is 2.36. The van der Waals surface area contributed by atoms with Crippen molar-refractivity contribution in [1.82, 2.24) is 10.3 Å². The SMILES string of the molecule is CCOC(=O)Cc1csc(NC(=O)NCc2ccc(Cl)c(Cl)c2)n1. The van der Waals surface area contributed by atoms with Crippen LogP contribution in [-0.2, 0) is 22.5 Å². The van der Waals surface area contributed by atoms with E-state index in [9.17, 15) is 9.59 Å². The molecule has 0 radical (unpaired) electrons. The van der Waals surface area contributed by atoms with Crippen LogP contribution in [0.5, 0.6) is 0 Å². The van der Waals surface area contributed by atoms with Gasteiger partial charge >= 0.3 is 12.0 Å². The fourth-order valence-corrected chi connectivity index (χ4v) is 2.80. The first kappa shape index (κ1) is 18.5. The van der Waals surface area contributed by atoms with Gasteiger partial charge in [-0.3, -0.25) is 10.1 Å². The second-order valence-corrected chi connectivity index (χ2v) is 6.35. The Balaban J connectivity index is 1.83. The Morgan fingerprint density at radius 2 is 2.08 bits per heavy atom. The van der Waals surface area contributed by atoms with Gasteiger partial charge in [-0.1, -0.05) is 29.3 Å². The number of anilines is 1. The zero-order valence-corrected chi connectivity index (χ0v) is 15.1. The van der Waals surface area contributed by atoms with Gasteiger partial charge in [0.25, 0.3) is 0 Å². The molecule has 0 saturated heterocycles. The Morgan fingerprint density at radius 3 is 2.79 bits per heavy atom. The van der Waals surface area contributed by atoms with E-state index in [1.807, 2.05) is 0 Å². The molecule has 9 heteroatoms. The Hall–Kier alpha value is -1.83. The molecule has 1 aromatic heterocycles. The molecule has 0 aliphatic carbocycles. The molecule has 128 valence electrons. The monoisotopic (exact) mass is 387 g/mol. The number of ether oxygens (including phenoxy) is 1. The number of rotatable bonds is 6. The van der Waals surface area contributed by atoms with Gasteiger partial charge in [0.1, 0.15) is 0 Å². The molecule has 0 aliphatic heterocycles. The van der Waals surface area contributed by atoms with E-state index in [0.29, 0.717) is 34.0 Å². The van der Waals surface area contributed by atoms with Crippen molar-refractivity contribution in [1.29, 1.82) is 0 Å². The summed E-state index contributed by atoms with van der Waals surface area (Å²) in [5.74, 6) is -0.349. The first-order valence-corrected chi connectivity index (χ1v) is 8.70. The Labute approximate surface area is 153 Å². The highest BCUT2D eigenvalue weighted by molar-refractivity contribution is 7.13. The summed E-state index contributed by atoms with van der Waals surface area (Å²) in [6, 6.07) is 4.72. The highest BCUT2D eigenvalue weighted by Gasteiger charge is 2.10. The second-order valence-electron chi connectivity index (χ2n) is 4.68. The Bertz CT molecular complexity index is 737. The van der Waals surface area contributed by atoms with E-state index in [0.717, 1.165) is 5.56 Å². The average Bonchev–Trinajstić information content (AvgIpc) is 2.95. The standard InChI is InChI=1S/C15H15Cl2N3O3S/c1-2-23-13(21)6-10-8-24-15(19-10)20-14(22)18-7-9-3-4-11(16)12(17)5-9/h3-5,8H,2,6-7H2,1H3,(H2,18,19,20,22). The van der Waals surface area contributed by atoms with Crippen molar-refractivity contribution in [3.8, 4) is 0 Å². The molecular formula is C15H15Cl2N3O3S.